The lowest BCUT2D eigenvalue weighted by atomic mass is 10.2. The van der Waals surface area contributed by atoms with E-state index in [9.17, 15) is 8.78 Å². The number of nitrogens with two attached hydrogens (primary N) is 1. The minimum absolute atomic E-state index is 0.0125. The molecule has 0 fully saturated rings. The topological polar surface area (TPSA) is 48.1 Å². The third kappa shape index (κ3) is 1.88. The number of alkyl halides is 2. The van der Waals surface area contributed by atoms with E-state index in [1.54, 1.807) is 0 Å². The second-order valence-corrected chi connectivity index (χ2v) is 3.10. The van der Waals surface area contributed by atoms with Gasteiger partial charge in [-0.15, -0.1) is 0 Å². The van der Waals surface area contributed by atoms with Gasteiger partial charge in [-0.25, -0.2) is 13.8 Å². The molecule has 0 aliphatic heterocycles. The van der Waals surface area contributed by atoms with Crippen LogP contribution in [0.15, 0.2) is 10.7 Å². The molecule has 0 unspecified atom stereocenters. The summed E-state index contributed by atoms with van der Waals surface area (Å²) in [5.41, 5.74) is 4.98. The minimum Gasteiger partial charge on any atom is -0.480 e. The molecule has 3 nitrogen and oxygen atoms in total. The fourth-order valence-electron chi connectivity index (χ4n) is 0.883. The summed E-state index contributed by atoms with van der Waals surface area (Å²) in [5.74, 6) is 0.0125. The molecule has 0 aromatic carbocycles. The number of rotatable bonds is 2. The summed E-state index contributed by atoms with van der Waals surface area (Å²) in [4.78, 5) is 3.71. The van der Waals surface area contributed by atoms with Crippen molar-refractivity contribution in [1.29, 1.82) is 0 Å². The van der Waals surface area contributed by atoms with Gasteiger partial charge in [-0.3, -0.25) is 0 Å². The molecule has 0 saturated heterocycles. The lowest BCUT2D eigenvalue weighted by Gasteiger charge is -2.09. The molecular formula is C7H7BrF2N2O. The number of nitrogen functional groups attached to an aromatic ring is 1. The van der Waals surface area contributed by atoms with Crippen molar-refractivity contribution in [3.05, 3.63) is 16.2 Å². The summed E-state index contributed by atoms with van der Waals surface area (Å²) >= 11 is 2.93. The maximum Gasteiger partial charge on any atom is 0.267 e. The molecule has 72 valence electrons. The zero-order chi connectivity index (χ0) is 10.0. The Balaban J connectivity index is 3.30. The number of hydrogen-bond acceptors (Lipinski definition) is 3. The van der Waals surface area contributed by atoms with Crippen LogP contribution in [0.1, 0.15) is 12.0 Å². The lowest BCUT2D eigenvalue weighted by molar-refractivity contribution is 0.151. The van der Waals surface area contributed by atoms with E-state index >= 15 is 0 Å². The molecule has 0 aliphatic carbocycles. The molecule has 0 spiro atoms. The van der Waals surface area contributed by atoms with E-state index in [0.29, 0.717) is 0 Å². The first kappa shape index (κ1) is 10.2. The van der Waals surface area contributed by atoms with Crippen molar-refractivity contribution in [2.45, 2.75) is 6.43 Å². The number of anilines is 1. The van der Waals surface area contributed by atoms with Crippen LogP contribution < -0.4 is 10.5 Å². The Morgan fingerprint density at radius 3 is 2.69 bits per heavy atom. The molecule has 13 heavy (non-hydrogen) atoms. The Hall–Kier alpha value is -0.910. The van der Waals surface area contributed by atoms with Gasteiger partial charge in [0.1, 0.15) is 5.69 Å². The molecule has 0 aliphatic rings. The summed E-state index contributed by atoms with van der Waals surface area (Å²) in [5, 5.41) is 0. The van der Waals surface area contributed by atoms with Gasteiger partial charge < -0.3 is 10.5 Å². The normalized spacial score (nSPS) is 10.5. The first-order valence-corrected chi connectivity index (χ1v) is 4.13. The van der Waals surface area contributed by atoms with Gasteiger partial charge in [-0.05, 0) is 15.9 Å². The molecule has 6 heteroatoms. The Morgan fingerprint density at radius 1 is 1.62 bits per heavy atom. The first-order valence-electron chi connectivity index (χ1n) is 3.34. The molecule has 0 saturated carbocycles. The van der Waals surface area contributed by atoms with E-state index in [-0.39, 0.29) is 21.6 Å². The number of ether oxygens (including phenoxy) is 1. The summed E-state index contributed by atoms with van der Waals surface area (Å²) in [7, 11) is 1.32. The van der Waals surface area contributed by atoms with E-state index < -0.39 is 6.43 Å². The second-order valence-electron chi connectivity index (χ2n) is 2.24. The number of nitrogens with zero attached hydrogens (tertiary/aromatic N) is 1. The average molecular weight is 253 g/mol. The third-order valence-electron chi connectivity index (χ3n) is 1.48. The average Bonchev–Trinajstić information content (AvgIpc) is 2.04. The van der Waals surface area contributed by atoms with Crippen molar-refractivity contribution in [3.8, 4) is 5.88 Å². The number of aromatic nitrogens is 1. The van der Waals surface area contributed by atoms with Crippen LogP contribution in [-0.4, -0.2) is 12.1 Å². The summed E-state index contributed by atoms with van der Waals surface area (Å²) in [6, 6.07) is 0. The number of pyridine rings is 1. The van der Waals surface area contributed by atoms with Crippen LogP contribution in [0.25, 0.3) is 0 Å². The van der Waals surface area contributed by atoms with E-state index in [1.807, 2.05) is 0 Å². The summed E-state index contributed by atoms with van der Waals surface area (Å²) in [6.07, 6.45) is -1.41. The van der Waals surface area contributed by atoms with E-state index in [1.165, 1.54) is 13.3 Å². The van der Waals surface area contributed by atoms with Crippen LogP contribution in [0, 0.1) is 0 Å². The largest absolute Gasteiger partial charge is 0.480 e. The Morgan fingerprint density at radius 2 is 2.23 bits per heavy atom. The quantitative estimate of drug-likeness (QED) is 0.880. The highest BCUT2D eigenvalue weighted by Gasteiger charge is 2.19. The smallest absolute Gasteiger partial charge is 0.267 e. The monoisotopic (exact) mass is 252 g/mol. The Labute approximate surface area is 82.0 Å². The molecule has 0 atom stereocenters. The zero-order valence-electron chi connectivity index (χ0n) is 6.72. The van der Waals surface area contributed by atoms with Crippen molar-refractivity contribution in [2.24, 2.45) is 0 Å². The van der Waals surface area contributed by atoms with Crippen molar-refractivity contribution in [2.75, 3.05) is 12.8 Å². The van der Waals surface area contributed by atoms with Gasteiger partial charge >= 0.3 is 0 Å². The second kappa shape index (κ2) is 3.87. The van der Waals surface area contributed by atoms with Crippen molar-refractivity contribution in [3.63, 3.8) is 0 Å². The van der Waals surface area contributed by atoms with Gasteiger partial charge in [-0.2, -0.15) is 0 Å². The number of methoxy groups -OCH3 is 1. The summed E-state index contributed by atoms with van der Waals surface area (Å²) < 4.78 is 29.7. The van der Waals surface area contributed by atoms with Gasteiger partial charge in [0.15, 0.2) is 0 Å². The number of hydrogen-bond donors (Lipinski definition) is 1. The van der Waals surface area contributed by atoms with Gasteiger partial charge in [-0.1, -0.05) is 0 Å². The fourth-order valence-corrected chi connectivity index (χ4v) is 1.37. The summed E-state index contributed by atoms with van der Waals surface area (Å²) in [6.45, 7) is 0. The zero-order valence-corrected chi connectivity index (χ0v) is 8.31. The lowest BCUT2D eigenvalue weighted by Crippen LogP contribution is -2.01. The molecule has 0 amide bonds. The molecular weight excluding hydrogens is 246 g/mol. The van der Waals surface area contributed by atoms with Gasteiger partial charge in [0, 0.05) is 10.7 Å². The van der Waals surface area contributed by atoms with Crippen molar-refractivity contribution >= 4 is 21.6 Å². The first-order chi connectivity index (χ1) is 6.07. The molecule has 1 heterocycles. The van der Waals surface area contributed by atoms with Crippen LogP contribution in [0.5, 0.6) is 5.88 Å². The highest BCUT2D eigenvalue weighted by atomic mass is 79.9. The fraction of sp³-hybridized carbons (Fsp3) is 0.286. The van der Waals surface area contributed by atoms with Crippen LogP contribution >= 0.6 is 15.9 Å². The van der Waals surface area contributed by atoms with Gasteiger partial charge in [0.2, 0.25) is 5.88 Å². The van der Waals surface area contributed by atoms with E-state index in [2.05, 4.69) is 20.9 Å². The predicted molar refractivity (Wildman–Crippen MR) is 47.9 cm³/mol. The van der Waals surface area contributed by atoms with E-state index in [4.69, 9.17) is 10.5 Å². The van der Waals surface area contributed by atoms with Crippen LogP contribution in [0.3, 0.4) is 0 Å². The standard InChI is InChI=1S/C7H7BrF2N2O/c1-13-7-5(11)4(6(9)10)3(8)2-12-7/h2,6H,11H2,1H3. The molecule has 2 N–H and O–H groups in total. The Kier molecular flexibility index (Phi) is 3.02. The highest BCUT2D eigenvalue weighted by molar-refractivity contribution is 9.10. The SMILES string of the molecule is COc1ncc(Br)c(C(F)F)c1N. The maximum atomic E-state index is 12.4. The molecule has 1 aromatic heterocycles. The molecule has 1 rings (SSSR count). The van der Waals surface area contributed by atoms with Gasteiger partial charge in [0.05, 0.1) is 12.7 Å². The predicted octanol–water partition coefficient (Wildman–Crippen LogP) is 2.37. The van der Waals surface area contributed by atoms with Crippen molar-refractivity contribution < 1.29 is 13.5 Å². The van der Waals surface area contributed by atoms with E-state index in [0.717, 1.165) is 0 Å². The van der Waals surface area contributed by atoms with Gasteiger partial charge in [0.25, 0.3) is 6.43 Å². The van der Waals surface area contributed by atoms with Crippen LogP contribution in [-0.2, 0) is 0 Å². The maximum absolute atomic E-state index is 12.4. The molecule has 0 bridgehead atoms. The third-order valence-corrected chi connectivity index (χ3v) is 2.12. The number of halogens is 3. The Bertz CT molecular complexity index is 320. The molecule has 1 aromatic rings. The van der Waals surface area contributed by atoms with Crippen molar-refractivity contribution in [1.82, 2.24) is 4.98 Å². The molecule has 0 radical (unpaired) electrons. The van der Waals surface area contributed by atoms with Crippen LogP contribution in [0.2, 0.25) is 0 Å². The van der Waals surface area contributed by atoms with Crippen LogP contribution in [0.4, 0.5) is 14.5 Å². The minimum atomic E-state index is -2.65. The highest BCUT2D eigenvalue weighted by Crippen LogP contribution is 2.35.